The highest BCUT2D eigenvalue weighted by Gasteiger charge is 2.33. The topological polar surface area (TPSA) is 49.4 Å². The minimum absolute atomic E-state index is 0.0328. The molecule has 1 N–H and O–H groups in total. The van der Waals surface area contributed by atoms with Gasteiger partial charge >= 0.3 is 0 Å². The smallest absolute Gasteiger partial charge is 0.247 e. The molecule has 166 valence electrons. The molecule has 7 heteroatoms. The molecule has 0 aromatic heterocycles. The van der Waals surface area contributed by atoms with Crippen LogP contribution in [-0.2, 0) is 16.1 Å². The van der Waals surface area contributed by atoms with E-state index in [0.717, 1.165) is 25.7 Å². The van der Waals surface area contributed by atoms with Gasteiger partial charge in [-0.25, -0.2) is 8.78 Å². The van der Waals surface area contributed by atoms with Crippen LogP contribution in [0.25, 0.3) is 0 Å². The molecule has 0 unspecified atom stereocenters. The molecule has 1 atom stereocenters. The fraction of sp³-hybridized carbons (Fsp3) is 0.417. The van der Waals surface area contributed by atoms with Crippen molar-refractivity contribution in [1.29, 1.82) is 0 Å². The van der Waals surface area contributed by atoms with Crippen molar-refractivity contribution in [2.75, 3.05) is 5.88 Å². The van der Waals surface area contributed by atoms with Gasteiger partial charge in [0.15, 0.2) is 0 Å². The lowest BCUT2D eigenvalue weighted by Gasteiger charge is -2.34. The van der Waals surface area contributed by atoms with E-state index in [0.29, 0.717) is 17.0 Å². The third-order valence-electron chi connectivity index (χ3n) is 5.81. The number of halogens is 3. The molecule has 31 heavy (non-hydrogen) atoms. The fourth-order valence-electron chi connectivity index (χ4n) is 3.99. The van der Waals surface area contributed by atoms with Crippen molar-refractivity contribution in [3.05, 3.63) is 71.3 Å². The van der Waals surface area contributed by atoms with E-state index in [1.807, 2.05) is 0 Å². The second-order valence-corrected chi connectivity index (χ2v) is 8.47. The first kappa shape index (κ1) is 23.2. The van der Waals surface area contributed by atoms with Crippen molar-refractivity contribution in [1.82, 2.24) is 10.2 Å². The Hall–Kier alpha value is -2.47. The molecular formula is C24H27ClF2N2O2. The summed E-state index contributed by atoms with van der Waals surface area (Å²) in [6.45, 7) is 2.27. The maximum Gasteiger partial charge on any atom is 0.247 e. The maximum atomic E-state index is 13.5. The number of hydrogen-bond acceptors (Lipinski definition) is 2. The van der Waals surface area contributed by atoms with Gasteiger partial charge in [-0.1, -0.05) is 31.2 Å². The van der Waals surface area contributed by atoms with Gasteiger partial charge in [0.05, 0.1) is 0 Å². The van der Waals surface area contributed by atoms with Gasteiger partial charge in [-0.2, -0.15) is 0 Å². The molecule has 1 aliphatic rings. The monoisotopic (exact) mass is 448 g/mol. The number of amides is 2. The summed E-state index contributed by atoms with van der Waals surface area (Å²) in [5.74, 6) is -1.27. The van der Waals surface area contributed by atoms with Gasteiger partial charge in [-0.15, -0.1) is 11.6 Å². The molecule has 2 aromatic carbocycles. The Morgan fingerprint density at radius 2 is 1.55 bits per heavy atom. The van der Waals surface area contributed by atoms with Crippen LogP contribution in [0.1, 0.15) is 49.8 Å². The molecule has 3 rings (SSSR count). The first-order chi connectivity index (χ1) is 14.9. The van der Waals surface area contributed by atoms with Crippen LogP contribution in [0.3, 0.4) is 0 Å². The molecule has 0 radical (unpaired) electrons. The van der Waals surface area contributed by atoms with E-state index in [4.69, 9.17) is 11.6 Å². The zero-order chi connectivity index (χ0) is 22.4. The lowest BCUT2D eigenvalue weighted by atomic mass is 9.87. The molecule has 1 fully saturated rings. The van der Waals surface area contributed by atoms with E-state index in [2.05, 4.69) is 12.2 Å². The molecule has 0 bridgehead atoms. The van der Waals surface area contributed by atoms with Crippen LogP contribution < -0.4 is 5.32 Å². The predicted molar refractivity (Wildman–Crippen MR) is 116 cm³/mol. The quantitative estimate of drug-likeness (QED) is 0.608. The molecule has 1 aliphatic carbocycles. The number of hydrogen-bond donors (Lipinski definition) is 1. The van der Waals surface area contributed by atoms with Crippen LogP contribution in [0.5, 0.6) is 0 Å². The Bertz CT molecular complexity index is 881. The van der Waals surface area contributed by atoms with Crippen molar-refractivity contribution in [2.24, 2.45) is 5.92 Å². The third-order valence-corrected chi connectivity index (χ3v) is 6.04. The van der Waals surface area contributed by atoms with Crippen LogP contribution in [0.4, 0.5) is 8.78 Å². The lowest BCUT2D eigenvalue weighted by Crippen LogP contribution is -2.47. The van der Waals surface area contributed by atoms with Crippen molar-refractivity contribution >= 4 is 23.4 Å². The summed E-state index contributed by atoms with van der Waals surface area (Å²) < 4.78 is 26.9. The molecule has 1 saturated carbocycles. The normalized spacial score (nSPS) is 19.5. The summed E-state index contributed by atoms with van der Waals surface area (Å²) >= 11 is 5.86. The largest absolute Gasteiger partial charge is 0.351 e. The molecule has 2 amide bonds. The fourth-order valence-corrected chi connectivity index (χ4v) is 4.14. The summed E-state index contributed by atoms with van der Waals surface area (Å²) in [5, 5.41) is 3.08. The lowest BCUT2D eigenvalue weighted by molar-refractivity contribution is -0.140. The molecule has 4 nitrogen and oxygen atoms in total. The summed E-state index contributed by atoms with van der Waals surface area (Å²) in [6, 6.07) is 10.3. The van der Waals surface area contributed by atoms with E-state index in [1.165, 1.54) is 41.3 Å². The second-order valence-electron chi connectivity index (χ2n) is 8.20. The van der Waals surface area contributed by atoms with Gasteiger partial charge < -0.3 is 10.2 Å². The first-order valence-corrected chi connectivity index (χ1v) is 11.1. The standard InChI is InChI=1S/C24H27ClF2N2O2/c1-16-2-12-21(13-3-16)28-24(31)23(18-6-10-20(27)11-7-18)29(22(30)14-25)15-17-4-8-19(26)9-5-17/h4-11,16,21,23H,2-3,12-15H2,1H3,(H,28,31)/t16?,21?,23-/m1/s1. The Morgan fingerprint density at radius 1 is 1.00 bits per heavy atom. The van der Waals surface area contributed by atoms with Gasteiger partial charge in [0.1, 0.15) is 23.6 Å². The third kappa shape index (κ3) is 6.26. The molecule has 0 spiro atoms. The SMILES string of the molecule is CC1CCC(NC(=O)[C@@H](c2ccc(F)cc2)N(Cc2ccc(F)cc2)C(=O)CCl)CC1. The highest BCUT2D eigenvalue weighted by Crippen LogP contribution is 2.27. The van der Waals surface area contributed by atoms with Gasteiger partial charge in [-0.05, 0) is 67.0 Å². The molecular weight excluding hydrogens is 422 g/mol. The first-order valence-electron chi connectivity index (χ1n) is 10.5. The Balaban J connectivity index is 1.90. The summed E-state index contributed by atoms with van der Waals surface area (Å²) in [5.41, 5.74) is 1.15. The average Bonchev–Trinajstić information content (AvgIpc) is 2.77. The minimum Gasteiger partial charge on any atom is -0.351 e. The summed E-state index contributed by atoms with van der Waals surface area (Å²) in [4.78, 5) is 27.5. The number of benzene rings is 2. The van der Waals surface area contributed by atoms with Crippen LogP contribution >= 0.6 is 11.6 Å². The Kier molecular flexibility index (Phi) is 8.02. The molecule has 2 aromatic rings. The highest BCUT2D eigenvalue weighted by molar-refractivity contribution is 6.27. The van der Waals surface area contributed by atoms with E-state index in [1.54, 1.807) is 12.1 Å². The zero-order valence-electron chi connectivity index (χ0n) is 17.5. The average molecular weight is 449 g/mol. The van der Waals surface area contributed by atoms with Crippen molar-refractivity contribution in [3.63, 3.8) is 0 Å². The molecule has 0 heterocycles. The Morgan fingerprint density at radius 3 is 2.10 bits per heavy atom. The van der Waals surface area contributed by atoms with E-state index in [9.17, 15) is 18.4 Å². The van der Waals surface area contributed by atoms with Crippen molar-refractivity contribution < 1.29 is 18.4 Å². The Labute approximate surface area is 186 Å². The summed E-state index contributed by atoms with van der Waals surface area (Å²) in [7, 11) is 0. The van der Waals surface area contributed by atoms with Crippen LogP contribution in [0, 0.1) is 17.6 Å². The van der Waals surface area contributed by atoms with Crippen LogP contribution in [-0.4, -0.2) is 28.6 Å². The number of carbonyl (C=O) groups is 2. The van der Waals surface area contributed by atoms with E-state index < -0.39 is 23.6 Å². The van der Waals surface area contributed by atoms with Gasteiger partial charge in [0.2, 0.25) is 11.8 Å². The van der Waals surface area contributed by atoms with E-state index in [-0.39, 0.29) is 24.4 Å². The molecule has 0 saturated heterocycles. The van der Waals surface area contributed by atoms with Gasteiger partial charge in [-0.3, -0.25) is 9.59 Å². The summed E-state index contributed by atoms with van der Waals surface area (Å²) in [6.07, 6.45) is 3.83. The van der Waals surface area contributed by atoms with Crippen molar-refractivity contribution in [3.8, 4) is 0 Å². The number of rotatable bonds is 7. The molecule has 0 aliphatic heterocycles. The number of nitrogens with zero attached hydrogens (tertiary/aromatic N) is 1. The number of alkyl halides is 1. The van der Waals surface area contributed by atoms with Crippen LogP contribution in [0.2, 0.25) is 0 Å². The highest BCUT2D eigenvalue weighted by atomic mass is 35.5. The van der Waals surface area contributed by atoms with Crippen molar-refractivity contribution in [2.45, 2.75) is 51.2 Å². The predicted octanol–water partition coefficient (Wildman–Crippen LogP) is 4.97. The van der Waals surface area contributed by atoms with Gasteiger partial charge in [0, 0.05) is 12.6 Å². The second kappa shape index (κ2) is 10.7. The number of carbonyl (C=O) groups excluding carboxylic acids is 2. The minimum atomic E-state index is -0.976. The maximum absolute atomic E-state index is 13.5. The van der Waals surface area contributed by atoms with Gasteiger partial charge in [0.25, 0.3) is 0 Å². The zero-order valence-corrected chi connectivity index (χ0v) is 18.2. The van der Waals surface area contributed by atoms with E-state index >= 15 is 0 Å². The van der Waals surface area contributed by atoms with Crippen LogP contribution in [0.15, 0.2) is 48.5 Å². The number of nitrogens with one attached hydrogen (secondary N) is 1.